The van der Waals surface area contributed by atoms with Crippen molar-refractivity contribution in [1.82, 2.24) is 10.1 Å². The van der Waals surface area contributed by atoms with Crippen molar-refractivity contribution in [1.29, 1.82) is 0 Å². The Hall–Kier alpha value is -3.33. The number of benzene rings is 2. The Morgan fingerprint density at radius 3 is 2.45 bits per heavy atom. The number of hydrogen-bond acceptors (Lipinski definition) is 6. The maximum absolute atomic E-state index is 12.2. The van der Waals surface area contributed by atoms with Gasteiger partial charge in [0.2, 0.25) is 5.82 Å². The van der Waals surface area contributed by atoms with E-state index in [-0.39, 0.29) is 24.1 Å². The van der Waals surface area contributed by atoms with Crippen LogP contribution in [-0.2, 0) is 16.1 Å². The van der Waals surface area contributed by atoms with Crippen molar-refractivity contribution in [3.05, 3.63) is 71.1 Å². The monoisotopic (exact) mass is 424 g/mol. The average molecular weight is 425 g/mol. The predicted molar refractivity (Wildman–Crippen MR) is 96.7 cm³/mol. The molecule has 150 valence electrons. The van der Waals surface area contributed by atoms with Gasteiger partial charge in [-0.2, -0.15) is 4.98 Å². The van der Waals surface area contributed by atoms with E-state index in [0.29, 0.717) is 10.6 Å². The molecule has 0 radical (unpaired) electrons. The van der Waals surface area contributed by atoms with Gasteiger partial charge >= 0.3 is 12.3 Å². The van der Waals surface area contributed by atoms with Crippen LogP contribution in [0.4, 0.5) is 13.2 Å². The maximum atomic E-state index is 12.2. The Bertz CT molecular complexity index is 1000. The van der Waals surface area contributed by atoms with E-state index in [9.17, 15) is 18.0 Å². The van der Waals surface area contributed by atoms with Gasteiger partial charge in [-0.05, 0) is 48.0 Å². The van der Waals surface area contributed by atoms with Crippen LogP contribution in [0.3, 0.4) is 0 Å². The van der Waals surface area contributed by atoms with Crippen molar-refractivity contribution in [3.8, 4) is 17.1 Å². The topological polar surface area (TPSA) is 74.5 Å². The molecule has 0 saturated carbocycles. The fourth-order valence-corrected chi connectivity index (χ4v) is 2.28. The second kappa shape index (κ2) is 8.78. The van der Waals surface area contributed by atoms with Crippen LogP contribution < -0.4 is 4.74 Å². The van der Waals surface area contributed by atoms with Gasteiger partial charge in [-0.3, -0.25) is 0 Å². The zero-order chi connectivity index (χ0) is 20.9. The molecular formula is C19H12ClF3N2O4. The zero-order valence-corrected chi connectivity index (χ0v) is 15.3. The van der Waals surface area contributed by atoms with Crippen molar-refractivity contribution in [2.24, 2.45) is 0 Å². The number of halogens is 4. The largest absolute Gasteiger partial charge is 0.573 e. The van der Waals surface area contributed by atoms with Crippen molar-refractivity contribution in [2.75, 3.05) is 0 Å². The lowest BCUT2D eigenvalue weighted by molar-refractivity contribution is -0.274. The van der Waals surface area contributed by atoms with Crippen LogP contribution in [0.1, 0.15) is 11.5 Å². The lowest BCUT2D eigenvalue weighted by Crippen LogP contribution is -2.16. The molecule has 3 aromatic rings. The Morgan fingerprint density at radius 2 is 1.79 bits per heavy atom. The predicted octanol–water partition coefficient (Wildman–Crippen LogP) is 5.05. The van der Waals surface area contributed by atoms with E-state index in [2.05, 4.69) is 14.9 Å². The first-order chi connectivity index (χ1) is 13.8. The molecule has 0 saturated heterocycles. The van der Waals surface area contributed by atoms with Gasteiger partial charge in [0, 0.05) is 16.7 Å². The molecule has 0 atom stereocenters. The lowest BCUT2D eigenvalue weighted by atomic mass is 10.2. The Kier molecular flexibility index (Phi) is 6.18. The molecule has 0 fully saturated rings. The second-order valence-corrected chi connectivity index (χ2v) is 6.01. The van der Waals surface area contributed by atoms with Gasteiger partial charge in [-0.1, -0.05) is 28.9 Å². The summed E-state index contributed by atoms with van der Waals surface area (Å²) < 4.78 is 50.3. The highest BCUT2D eigenvalue weighted by molar-refractivity contribution is 6.30. The fourth-order valence-electron chi connectivity index (χ4n) is 2.16. The maximum Gasteiger partial charge on any atom is 0.573 e. The van der Waals surface area contributed by atoms with E-state index in [1.807, 2.05) is 0 Å². The van der Waals surface area contributed by atoms with Gasteiger partial charge in [0.05, 0.1) is 0 Å². The van der Waals surface area contributed by atoms with Crippen molar-refractivity contribution in [2.45, 2.75) is 13.0 Å². The minimum atomic E-state index is -4.77. The molecule has 0 spiro atoms. The van der Waals surface area contributed by atoms with Gasteiger partial charge in [0.15, 0.2) is 6.61 Å². The number of carbonyl (C=O) groups excluding carboxylic acids is 1. The third kappa shape index (κ3) is 6.35. The number of carbonyl (C=O) groups is 1. The first-order valence-corrected chi connectivity index (χ1v) is 8.45. The van der Waals surface area contributed by atoms with Crippen LogP contribution in [-0.4, -0.2) is 22.5 Å². The summed E-state index contributed by atoms with van der Waals surface area (Å²) in [6, 6.07) is 11.8. The van der Waals surface area contributed by atoms with E-state index < -0.39 is 12.3 Å². The molecule has 0 bridgehead atoms. The smallest absolute Gasteiger partial charge is 0.452 e. The number of aromatic nitrogens is 2. The number of nitrogens with zero attached hydrogens (tertiary/aromatic N) is 2. The molecule has 0 N–H and O–H groups in total. The molecule has 0 amide bonds. The molecule has 0 aliphatic heterocycles. The average Bonchev–Trinajstić information content (AvgIpc) is 3.14. The minimum absolute atomic E-state index is 0.0314. The van der Waals surface area contributed by atoms with E-state index in [1.165, 1.54) is 18.2 Å². The van der Waals surface area contributed by atoms with Crippen molar-refractivity contribution < 1.29 is 32.0 Å². The SMILES string of the molecule is O=C(/C=C/c1ccc(Cl)cc1)OCc1nc(-c2ccc(OC(F)(F)F)cc2)no1. The molecule has 0 unspecified atom stereocenters. The molecule has 2 aromatic carbocycles. The summed E-state index contributed by atoms with van der Waals surface area (Å²) >= 11 is 5.78. The van der Waals surface area contributed by atoms with Gasteiger partial charge < -0.3 is 14.0 Å². The van der Waals surface area contributed by atoms with Crippen LogP contribution in [0, 0.1) is 0 Å². The van der Waals surface area contributed by atoms with E-state index >= 15 is 0 Å². The third-order valence-electron chi connectivity index (χ3n) is 3.43. The standard InChI is InChI=1S/C19H12ClF3N2O4/c20-14-6-1-12(2-7-14)3-10-17(26)27-11-16-24-18(25-29-16)13-4-8-15(9-5-13)28-19(21,22)23/h1-10H,11H2/b10-3+. The Labute approximate surface area is 167 Å². The summed E-state index contributed by atoms with van der Waals surface area (Å²) in [5, 5.41) is 4.28. The number of esters is 1. The summed E-state index contributed by atoms with van der Waals surface area (Å²) in [6.07, 6.45) is -1.98. The van der Waals surface area contributed by atoms with Crippen LogP contribution in [0.2, 0.25) is 5.02 Å². The van der Waals surface area contributed by atoms with Crippen LogP contribution in [0.15, 0.2) is 59.1 Å². The lowest BCUT2D eigenvalue weighted by Gasteiger charge is -2.08. The van der Waals surface area contributed by atoms with E-state index in [4.69, 9.17) is 20.9 Å². The zero-order valence-electron chi connectivity index (χ0n) is 14.5. The quantitative estimate of drug-likeness (QED) is 0.407. The third-order valence-corrected chi connectivity index (χ3v) is 3.69. The molecule has 29 heavy (non-hydrogen) atoms. The summed E-state index contributed by atoms with van der Waals surface area (Å²) in [6.45, 7) is -0.258. The van der Waals surface area contributed by atoms with E-state index in [0.717, 1.165) is 17.7 Å². The highest BCUT2D eigenvalue weighted by Gasteiger charge is 2.31. The molecule has 1 aromatic heterocycles. The number of rotatable bonds is 6. The van der Waals surface area contributed by atoms with Gasteiger partial charge in [0.25, 0.3) is 5.89 Å². The number of alkyl halides is 3. The van der Waals surface area contributed by atoms with Gasteiger partial charge in [0.1, 0.15) is 5.75 Å². The molecule has 3 rings (SSSR count). The molecule has 10 heteroatoms. The Morgan fingerprint density at radius 1 is 1.10 bits per heavy atom. The normalized spacial score (nSPS) is 11.6. The van der Waals surface area contributed by atoms with E-state index in [1.54, 1.807) is 30.3 Å². The van der Waals surface area contributed by atoms with Crippen molar-refractivity contribution >= 4 is 23.6 Å². The van der Waals surface area contributed by atoms with Gasteiger partial charge in [-0.15, -0.1) is 13.2 Å². The molecule has 6 nitrogen and oxygen atoms in total. The summed E-state index contributed by atoms with van der Waals surface area (Å²) in [7, 11) is 0. The van der Waals surface area contributed by atoms with Crippen LogP contribution in [0.5, 0.6) is 5.75 Å². The highest BCUT2D eigenvalue weighted by atomic mass is 35.5. The second-order valence-electron chi connectivity index (χ2n) is 5.58. The first kappa shape index (κ1) is 20.4. The minimum Gasteiger partial charge on any atom is -0.452 e. The highest BCUT2D eigenvalue weighted by Crippen LogP contribution is 2.25. The van der Waals surface area contributed by atoms with Gasteiger partial charge in [-0.25, -0.2) is 4.79 Å². The number of hydrogen-bond donors (Lipinski definition) is 0. The summed E-state index contributed by atoms with van der Waals surface area (Å²) in [4.78, 5) is 15.8. The Balaban J connectivity index is 1.54. The summed E-state index contributed by atoms with van der Waals surface area (Å²) in [5.41, 5.74) is 1.17. The molecule has 1 heterocycles. The van der Waals surface area contributed by atoms with Crippen LogP contribution in [0.25, 0.3) is 17.5 Å². The summed E-state index contributed by atoms with van der Waals surface area (Å²) in [5.74, 6) is -0.824. The molecular weight excluding hydrogens is 413 g/mol. The fraction of sp³-hybridized carbons (Fsp3) is 0.105. The van der Waals surface area contributed by atoms with Crippen LogP contribution >= 0.6 is 11.6 Å². The first-order valence-electron chi connectivity index (χ1n) is 8.08. The molecule has 0 aliphatic rings. The number of ether oxygens (including phenoxy) is 2. The van der Waals surface area contributed by atoms with Crippen molar-refractivity contribution in [3.63, 3.8) is 0 Å². The molecule has 0 aliphatic carbocycles.